The smallest absolute Gasteiger partial charge is 0.224 e. The Morgan fingerprint density at radius 1 is 0.914 bits per heavy atom. The van der Waals surface area contributed by atoms with Crippen LogP contribution in [-0.4, -0.2) is 51.0 Å². The molecule has 1 saturated carbocycles. The maximum Gasteiger partial charge on any atom is 0.224 e. The maximum absolute atomic E-state index is 13.0. The van der Waals surface area contributed by atoms with Crippen molar-refractivity contribution in [3.8, 4) is 22.4 Å². The number of piperidine rings is 3. The van der Waals surface area contributed by atoms with E-state index in [1.807, 2.05) is 10.7 Å². The minimum atomic E-state index is 0.149. The highest BCUT2D eigenvalue weighted by molar-refractivity contribution is 5.79. The van der Waals surface area contributed by atoms with Crippen molar-refractivity contribution in [2.45, 2.75) is 63.6 Å². The number of aromatic nitrogens is 3. The zero-order chi connectivity index (χ0) is 23.6. The molecule has 3 aliphatic heterocycles. The number of amides is 1. The average Bonchev–Trinajstić information content (AvgIpc) is 3.39. The molecule has 1 aromatic heterocycles. The zero-order valence-corrected chi connectivity index (χ0v) is 20.4. The van der Waals surface area contributed by atoms with Crippen molar-refractivity contribution < 1.29 is 4.79 Å². The molecular weight excluding hydrogens is 434 g/mol. The lowest BCUT2D eigenvalue weighted by molar-refractivity contribution is -0.134. The summed E-state index contributed by atoms with van der Waals surface area (Å²) < 4.78 is 1.99. The van der Waals surface area contributed by atoms with E-state index in [0.717, 1.165) is 56.6 Å². The van der Waals surface area contributed by atoms with Gasteiger partial charge in [-0.3, -0.25) is 14.4 Å². The van der Waals surface area contributed by atoms with E-state index in [1.54, 1.807) is 0 Å². The Bertz CT molecular complexity index is 1140. The van der Waals surface area contributed by atoms with Gasteiger partial charge < -0.3 is 5.32 Å². The first-order valence-corrected chi connectivity index (χ1v) is 13.3. The normalized spacial score (nSPS) is 26.5. The molecule has 4 atom stereocenters. The summed E-state index contributed by atoms with van der Waals surface area (Å²) in [5, 5.41) is 12.3. The van der Waals surface area contributed by atoms with Gasteiger partial charge in [-0.1, -0.05) is 79.1 Å². The van der Waals surface area contributed by atoms with Crippen LogP contribution in [0.25, 0.3) is 22.4 Å². The van der Waals surface area contributed by atoms with E-state index >= 15 is 0 Å². The van der Waals surface area contributed by atoms with Crippen LogP contribution in [0.4, 0.5) is 0 Å². The second-order valence-electron chi connectivity index (χ2n) is 10.7. The average molecular weight is 470 g/mol. The lowest BCUT2D eigenvalue weighted by Crippen LogP contribution is -2.58. The Labute approximate surface area is 207 Å². The SMILES string of the molecule is O=C(NC1CCCCC1)[C@H]1CN2CC[C@@H]1C[C@@H]2Cn1cc(-c2ccc(-c3ccccc3)cc2)nn1. The quantitative estimate of drug-likeness (QED) is 0.565. The fraction of sp³-hybridized carbons (Fsp3) is 0.483. The first kappa shape index (κ1) is 22.5. The number of fused-ring (bicyclic) bond motifs is 3. The number of carbonyl (C=O) groups excluding carboxylic acids is 1. The predicted octanol–water partition coefficient (Wildman–Crippen LogP) is 4.77. The van der Waals surface area contributed by atoms with Gasteiger partial charge in [0.1, 0.15) is 5.69 Å². The molecule has 6 heteroatoms. The molecule has 0 spiro atoms. The molecule has 4 aliphatic rings. The van der Waals surface area contributed by atoms with Gasteiger partial charge in [-0.05, 0) is 49.3 Å². The van der Waals surface area contributed by atoms with E-state index in [4.69, 9.17) is 0 Å². The van der Waals surface area contributed by atoms with Gasteiger partial charge in [-0.2, -0.15) is 0 Å². The Morgan fingerprint density at radius 2 is 1.66 bits per heavy atom. The maximum atomic E-state index is 13.0. The summed E-state index contributed by atoms with van der Waals surface area (Å²) in [5.74, 6) is 0.936. The largest absolute Gasteiger partial charge is 0.353 e. The van der Waals surface area contributed by atoms with E-state index < -0.39 is 0 Å². The third kappa shape index (κ3) is 4.90. The van der Waals surface area contributed by atoms with Gasteiger partial charge in [-0.15, -0.1) is 5.10 Å². The minimum absolute atomic E-state index is 0.149. The van der Waals surface area contributed by atoms with Crippen molar-refractivity contribution >= 4 is 5.91 Å². The number of hydrogen-bond donors (Lipinski definition) is 1. The monoisotopic (exact) mass is 469 g/mol. The van der Waals surface area contributed by atoms with Gasteiger partial charge >= 0.3 is 0 Å². The van der Waals surface area contributed by atoms with Crippen molar-refractivity contribution in [3.05, 3.63) is 60.8 Å². The molecule has 35 heavy (non-hydrogen) atoms. The lowest BCUT2D eigenvalue weighted by atomic mass is 9.75. The molecule has 2 aromatic carbocycles. The van der Waals surface area contributed by atoms with E-state index in [-0.39, 0.29) is 5.92 Å². The third-order valence-corrected chi connectivity index (χ3v) is 8.39. The van der Waals surface area contributed by atoms with Crippen LogP contribution >= 0.6 is 0 Å². The third-order valence-electron chi connectivity index (χ3n) is 8.39. The van der Waals surface area contributed by atoms with Crippen molar-refractivity contribution in [3.63, 3.8) is 0 Å². The van der Waals surface area contributed by atoms with Gasteiger partial charge in [0.05, 0.1) is 18.7 Å². The van der Waals surface area contributed by atoms with Crippen LogP contribution < -0.4 is 5.32 Å². The van der Waals surface area contributed by atoms with Crippen LogP contribution in [-0.2, 0) is 11.3 Å². The molecule has 7 rings (SSSR count). The standard InChI is InChI=1S/C29H35N5O/c35-29(30-25-9-5-2-6-10-25)27-19-33-16-15-24(27)17-26(33)18-34-20-28(31-32-34)23-13-11-22(12-14-23)21-7-3-1-4-8-21/h1,3-4,7-8,11-14,20,24-27H,2,5-6,9-10,15-19H2,(H,30,35)/t24-,26-,27+/m1/s1. The molecule has 1 N–H and O–H groups in total. The molecule has 0 radical (unpaired) electrons. The van der Waals surface area contributed by atoms with Crippen LogP contribution in [0.1, 0.15) is 44.9 Å². The van der Waals surface area contributed by atoms with Crippen LogP contribution in [0.5, 0.6) is 0 Å². The molecule has 182 valence electrons. The summed E-state index contributed by atoms with van der Waals surface area (Å²) in [6.07, 6.45) is 10.4. The fourth-order valence-electron chi connectivity index (χ4n) is 6.38. The highest BCUT2D eigenvalue weighted by Gasteiger charge is 2.43. The first-order valence-electron chi connectivity index (χ1n) is 13.3. The van der Waals surface area contributed by atoms with Crippen molar-refractivity contribution in [1.82, 2.24) is 25.2 Å². The summed E-state index contributed by atoms with van der Waals surface area (Å²) in [6, 6.07) is 19.8. The van der Waals surface area contributed by atoms with Crippen molar-refractivity contribution in [2.24, 2.45) is 11.8 Å². The topological polar surface area (TPSA) is 63.1 Å². The molecular formula is C29H35N5O. The van der Waals surface area contributed by atoms with E-state index in [9.17, 15) is 4.79 Å². The second kappa shape index (κ2) is 9.94. The number of hydrogen-bond acceptors (Lipinski definition) is 4. The predicted molar refractivity (Wildman–Crippen MR) is 137 cm³/mol. The number of nitrogens with one attached hydrogen (secondary N) is 1. The van der Waals surface area contributed by atoms with E-state index in [1.165, 1.54) is 30.4 Å². The molecule has 1 unspecified atom stereocenters. The summed E-state index contributed by atoms with van der Waals surface area (Å²) >= 11 is 0. The number of nitrogens with zero attached hydrogens (tertiary/aromatic N) is 4. The van der Waals surface area contributed by atoms with Crippen LogP contribution in [0.2, 0.25) is 0 Å². The van der Waals surface area contributed by atoms with Gasteiger partial charge in [-0.25, -0.2) is 0 Å². The fourth-order valence-corrected chi connectivity index (χ4v) is 6.38. The molecule has 1 amide bonds. The van der Waals surface area contributed by atoms with Gasteiger partial charge in [0, 0.05) is 24.2 Å². The Morgan fingerprint density at radius 3 is 2.40 bits per heavy atom. The summed E-state index contributed by atoms with van der Waals surface area (Å²) in [6.45, 7) is 2.81. The Balaban J connectivity index is 1.07. The number of rotatable bonds is 6. The zero-order valence-electron chi connectivity index (χ0n) is 20.4. The van der Waals surface area contributed by atoms with Crippen molar-refractivity contribution in [1.29, 1.82) is 0 Å². The number of carbonyl (C=O) groups is 1. The van der Waals surface area contributed by atoms with Crippen molar-refractivity contribution in [2.75, 3.05) is 13.1 Å². The van der Waals surface area contributed by atoms with Gasteiger partial charge in [0.15, 0.2) is 0 Å². The summed E-state index contributed by atoms with van der Waals surface area (Å²) in [4.78, 5) is 15.5. The molecule has 4 heterocycles. The molecule has 3 saturated heterocycles. The summed E-state index contributed by atoms with van der Waals surface area (Å²) in [7, 11) is 0. The minimum Gasteiger partial charge on any atom is -0.353 e. The Hall–Kier alpha value is -2.99. The number of benzene rings is 2. The first-order chi connectivity index (χ1) is 17.2. The van der Waals surface area contributed by atoms with Crippen LogP contribution in [0.15, 0.2) is 60.8 Å². The van der Waals surface area contributed by atoms with Gasteiger partial charge in [0.2, 0.25) is 5.91 Å². The summed E-state index contributed by atoms with van der Waals surface area (Å²) in [5.41, 5.74) is 4.41. The highest BCUT2D eigenvalue weighted by atomic mass is 16.2. The molecule has 6 nitrogen and oxygen atoms in total. The molecule has 1 aliphatic carbocycles. The lowest BCUT2D eigenvalue weighted by Gasteiger charge is -2.49. The second-order valence-corrected chi connectivity index (χ2v) is 10.7. The van der Waals surface area contributed by atoms with E-state index in [2.05, 4.69) is 75.3 Å². The van der Waals surface area contributed by atoms with Crippen LogP contribution in [0.3, 0.4) is 0 Å². The molecule has 2 bridgehead atoms. The molecule has 3 aromatic rings. The highest BCUT2D eigenvalue weighted by Crippen LogP contribution is 2.37. The van der Waals surface area contributed by atoms with E-state index in [0.29, 0.717) is 23.9 Å². The Kier molecular flexibility index (Phi) is 6.38. The van der Waals surface area contributed by atoms with Crippen LogP contribution in [0, 0.1) is 11.8 Å². The van der Waals surface area contributed by atoms with Gasteiger partial charge in [0.25, 0.3) is 0 Å². The molecule has 4 fully saturated rings.